The van der Waals surface area contributed by atoms with Crippen LogP contribution >= 0.6 is 0 Å². The van der Waals surface area contributed by atoms with Gasteiger partial charge in [-0.25, -0.2) is 0 Å². The zero-order chi connectivity index (χ0) is 7.40. The van der Waals surface area contributed by atoms with Gasteiger partial charge in [0, 0.05) is 12.4 Å². The molecule has 4 heteroatoms. The third kappa shape index (κ3) is 1.89. The van der Waals surface area contributed by atoms with Crippen molar-refractivity contribution in [2.75, 3.05) is 0 Å². The summed E-state index contributed by atoms with van der Waals surface area (Å²) in [5.74, 6) is -0.409. The van der Waals surface area contributed by atoms with Crippen molar-refractivity contribution in [3.05, 3.63) is 24.5 Å². The van der Waals surface area contributed by atoms with Crippen LogP contribution < -0.4 is 4.74 Å². The van der Waals surface area contributed by atoms with Crippen LogP contribution in [0.2, 0.25) is 0 Å². The quantitative estimate of drug-likeness (QED) is 0.530. The van der Waals surface area contributed by atoms with Crippen LogP contribution in [0.15, 0.2) is 24.5 Å². The van der Waals surface area contributed by atoms with E-state index in [0.717, 1.165) is 0 Å². The standard InChI is InChI=1S/C6H4BNO2/c7-6(9)10-5-1-3-8-4-2-5/h1-4H. The van der Waals surface area contributed by atoms with E-state index in [9.17, 15) is 4.79 Å². The monoisotopic (exact) mass is 133 g/mol. The number of rotatable bonds is 1. The van der Waals surface area contributed by atoms with Crippen LogP contribution in [-0.4, -0.2) is 18.7 Å². The number of carbonyl (C=O) groups is 1. The molecule has 1 rings (SSSR count). The SMILES string of the molecule is [B]C(=O)Oc1ccncc1. The Morgan fingerprint density at radius 3 is 2.60 bits per heavy atom. The fourth-order valence-corrected chi connectivity index (χ4v) is 0.522. The topological polar surface area (TPSA) is 39.2 Å². The Morgan fingerprint density at radius 1 is 1.50 bits per heavy atom. The summed E-state index contributed by atoms with van der Waals surface area (Å²) in [4.78, 5) is 13.9. The van der Waals surface area contributed by atoms with Gasteiger partial charge in [-0.2, -0.15) is 0 Å². The Bertz CT molecular complexity index is 224. The molecule has 48 valence electrons. The van der Waals surface area contributed by atoms with Crippen molar-refractivity contribution < 1.29 is 9.53 Å². The molecule has 0 N–H and O–H groups in total. The molecule has 0 saturated carbocycles. The highest BCUT2D eigenvalue weighted by Crippen LogP contribution is 2.05. The molecular weight excluding hydrogens is 129 g/mol. The zero-order valence-corrected chi connectivity index (χ0v) is 5.15. The molecule has 0 spiro atoms. The maximum Gasteiger partial charge on any atom is 0.241 e. The summed E-state index contributed by atoms with van der Waals surface area (Å²) in [5, 5.41) is 0. The van der Waals surface area contributed by atoms with Crippen molar-refractivity contribution in [3.63, 3.8) is 0 Å². The van der Waals surface area contributed by atoms with Gasteiger partial charge >= 0.3 is 0 Å². The lowest BCUT2D eigenvalue weighted by Gasteiger charge is -1.97. The van der Waals surface area contributed by atoms with Gasteiger partial charge in [0.25, 0.3) is 0 Å². The van der Waals surface area contributed by atoms with E-state index >= 15 is 0 Å². The second-order valence-electron chi connectivity index (χ2n) is 1.60. The van der Waals surface area contributed by atoms with Gasteiger partial charge < -0.3 is 4.74 Å². The second-order valence-corrected chi connectivity index (χ2v) is 1.60. The molecule has 1 aromatic rings. The minimum absolute atomic E-state index is 0.405. The largest absolute Gasteiger partial charge is 0.435 e. The molecule has 0 aliphatic heterocycles. The molecular formula is C6H4BNO2. The normalized spacial score (nSPS) is 8.80. The molecule has 10 heavy (non-hydrogen) atoms. The molecule has 1 aromatic heterocycles. The molecule has 0 atom stereocenters. The van der Waals surface area contributed by atoms with Crippen molar-refractivity contribution in [2.24, 2.45) is 0 Å². The molecule has 0 fully saturated rings. The fraction of sp³-hybridized carbons (Fsp3) is 0. The molecule has 0 bridgehead atoms. The van der Waals surface area contributed by atoms with E-state index in [2.05, 4.69) is 9.72 Å². The Balaban J connectivity index is 2.67. The summed E-state index contributed by atoms with van der Waals surface area (Å²) in [6.07, 6.45) is 3.02. The first-order valence-electron chi connectivity index (χ1n) is 2.66. The number of aromatic nitrogens is 1. The van der Waals surface area contributed by atoms with E-state index in [1.807, 2.05) is 0 Å². The summed E-state index contributed by atoms with van der Waals surface area (Å²) in [7, 11) is 4.74. The van der Waals surface area contributed by atoms with Gasteiger partial charge in [0.15, 0.2) is 0 Å². The van der Waals surface area contributed by atoms with E-state index in [0.29, 0.717) is 5.75 Å². The van der Waals surface area contributed by atoms with Crippen LogP contribution in [-0.2, 0) is 0 Å². The third-order valence-corrected chi connectivity index (χ3v) is 0.868. The second kappa shape index (κ2) is 3.01. The fourth-order valence-electron chi connectivity index (χ4n) is 0.522. The van der Waals surface area contributed by atoms with Crippen LogP contribution in [0.25, 0.3) is 0 Å². The summed E-state index contributed by atoms with van der Waals surface area (Å²) in [5.41, 5.74) is 0. The molecule has 3 nitrogen and oxygen atoms in total. The zero-order valence-electron chi connectivity index (χ0n) is 5.15. The van der Waals surface area contributed by atoms with Crippen molar-refractivity contribution in [1.82, 2.24) is 4.98 Å². The summed E-state index contributed by atoms with van der Waals surface area (Å²) < 4.78 is 4.51. The average molecular weight is 133 g/mol. The number of pyridine rings is 1. The number of hydrogen-bond donors (Lipinski definition) is 0. The van der Waals surface area contributed by atoms with Crippen LogP contribution in [0.1, 0.15) is 0 Å². The van der Waals surface area contributed by atoms with Crippen molar-refractivity contribution in [1.29, 1.82) is 0 Å². The Hall–Kier alpha value is -1.32. The molecule has 2 radical (unpaired) electrons. The van der Waals surface area contributed by atoms with E-state index in [-0.39, 0.29) is 0 Å². The minimum Gasteiger partial charge on any atom is -0.435 e. The molecule has 0 aliphatic rings. The Labute approximate surface area is 59.4 Å². The first kappa shape index (κ1) is 6.80. The van der Waals surface area contributed by atoms with Crippen LogP contribution in [0.4, 0.5) is 4.79 Å². The maximum atomic E-state index is 10.1. The third-order valence-electron chi connectivity index (χ3n) is 0.868. The van der Waals surface area contributed by atoms with Crippen molar-refractivity contribution in [2.45, 2.75) is 0 Å². The summed E-state index contributed by atoms with van der Waals surface area (Å²) >= 11 is 0. The van der Waals surface area contributed by atoms with Gasteiger partial charge in [-0.15, -0.1) is 0 Å². The predicted octanol–water partition coefficient (Wildman–Crippen LogP) is 0.749. The first-order valence-corrected chi connectivity index (χ1v) is 2.66. The highest BCUT2D eigenvalue weighted by atomic mass is 16.5. The number of ether oxygens (including phenoxy) is 1. The van der Waals surface area contributed by atoms with Crippen LogP contribution in [0.3, 0.4) is 0 Å². The number of nitrogens with zero attached hydrogens (tertiary/aromatic N) is 1. The first-order chi connectivity index (χ1) is 4.79. The van der Waals surface area contributed by atoms with Crippen LogP contribution in [0, 0.1) is 0 Å². The lowest BCUT2D eigenvalue weighted by atomic mass is 10.2. The number of hydrogen-bond acceptors (Lipinski definition) is 3. The van der Waals surface area contributed by atoms with E-state index in [1.54, 1.807) is 12.1 Å². The van der Waals surface area contributed by atoms with Gasteiger partial charge in [0.1, 0.15) is 5.75 Å². The highest BCUT2D eigenvalue weighted by molar-refractivity contribution is 6.55. The van der Waals surface area contributed by atoms with Crippen molar-refractivity contribution in [3.8, 4) is 5.75 Å². The van der Waals surface area contributed by atoms with Gasteiger partial charge in [-0.1, -0.05) is 0 Å². The average Bonchev–Trinajstić information content (AvgIpc) is 1.88. The van der Waals surface area contributed by atoms with Gasteiger partial charge in [0.2, 0.25) is 13.7 Å². The summed E-state index contributed by atoms with van der Waals surface area (Å²) in [6.45, 7) is 0. The summed E-state index contributed by atoms with van der Waals surface area (Å²) in [6, 6.07) is 3.09. The Kier molecular flexibility index (Phi) is 2.05. The smallest absolute Gasteiger partial charge is 0.241 e. The minimum atomic E-state index is -0.814. The Morgan fingerprint density at radius 2 is 2.10 bits per heavy atom. The lowest BCUT2D eigenvalue weighted by Crippen LogP contribution is -2.03. The highest BCUT2D eigenvalue weighted by Gasteiger charge is 1.93. The molecule has 0 saturated heterocycles. The lowest BCUT2D eigenvalue weighted by molar-refractivity contribution is 0.225. The molecule has 1 heterocycles. The molecule has 0 unspecified atom stereocenters. The van der Waals surface area contributed by atoms with E-state index in [1.165, 1.54) is 12.4 Å². The van der Waals surface area contributed by atoms with Gasteiger partial charge in [-0.3, -0.25) is 9.78 Å². The van der Waals surface area contributed by atoms with Gasteiger partial charge in [0.05, 0.1) is 0 Å². The predicted molar refractivity (Wildman–Crippen MR) is 36.0 cm³/mol. The van der Waals surface area contributed by atoms with Crippen molar-refractivity contribution >= 4 is 13.7 Å². The maximum absolute atomic E-state index is 10.1. The molecule has 0 amide bonds. The molecule has 0 aliphatic carbocycles. The van der Waals surface area contributed by atoms with E-state index < -0.39 is 5.87 Å². The molecule has 0 aromatic carbocycles. The van der Waals surface area contributed by atoms with Gasteiger partial charge in [-0.05, 0) is 12.1 Å². The number of carbonyl (C=O) groups excluding carboxylic acids is 1. The van der Waals surface area contributed by atoms with E-state index in [4.69, 9.17) is 7.85 Å². The van der Waals surface area contributed by atoms with Crippen LogP contribution in [0.5, 0.6) is 5.75 Å².